The average molecular weight is 445 g/mol. The first-order chi connectivity index (χ1) is 15.0. The summed E-state index contributed by atoms with van der Waals surface area (Å²) in [6, 6.07) is 8.48. The van der Waals surface area contributed by atoms with E-state index >= 15 is 0 Å². The Labute approximate surface area is 180 Å². The fraction of sp³-hybridized carbons (Fsp3) is 0.429. The van der Waals surface area contributed by atoms with E-state index in [0.29, 0.717) is 50.3 Å². The Balaban J connectivity index is 1.19. The SMILES string of the molecule is Cc1cn2nc(OCC3CCN(S(=O)(=O)c4ccc5c(c4)OCCO5)CC3)ccc2n1. The van der Waals surface area contributed by atoms with E-state index in [0.717, 1.165) is 24.2 Å². The van der Waals surface area contributed by atoms with Crippen molar-refractivity contribution in [1.82, 2.24) is 18.9 Å². The van der Waals surface area contributed by atoms with Gasteiger partial charge in [0.05, 0.1) is 23.4 Å². The van der Waals surface area contributed by atoms with Crippen LogP contribution in [0.2, 0.25) is 0 Å². The minimum absolute atomic E-state index is 0.236. The Morgan fingerprint density at radius 2 is 1.87 bits per heavy atom. The standard InChI is InChI=1S/C21H24N4O5S/c1-15-13-25-20(22-15)4-5-21(23-25)30-14-16-6-8-24(9-7-16)31(26,27)17-2-3-18-19(12-17)29-11-10-28-18/h2-5,12-13,16H,6-11,14H2,1H3. The third-order valence-corrected chi connectivity index (χ3v) is 7.50. The fourth-order valence-corrected chi connectivity index (χ4v) is 5.40. The topological polar surface area (TPSA) is 95.3 Å². The van der Waals surface area contributed by atoms with Crippen molar-refractivity contribution in [2.24, 2.45) is 5.92 Å². The van der Waals surface area contributed by atoms with E-state index in [1.54, 1.807) is 22.7 Å². The second-order valence-electron chi connectivity index (χ2n) is 7.82. The zero-order valence-corrected chi connectivity index (χ0v) is 18.0. The van der Waals surface area contributed by atoms with Gasteiger partial charge in [-0.1, -0.05) is 0 Å². The van der Waals surface area contributed by atoms with Crippen LogP contribution < -0.4 is 14.2 Å². The predicted octanol–water partition coefficient (Wildman–Crippen LogP) is 2.29. The number of imidazole rings is 1. The highest BCUT2D eigenvalue weighted by Crippen LogP contribution is 2.34. The van der Waals surface area contributed by atoms with E-state index in [1.165, 1.54) is 4.31 Å². The van der Waals surface area contributed by atoms with Crippen molar-refractivity contribution in [3.63, 3.8) is 0 Å². The highest BCUT2D eigenvalue weighted by Gasteiger charge is 2.30. The van der Waals surface area contributed by atoms with E-state index in [4.69, 9.17) is 14.2 Å². The third-order valence-electron chi connectivity index (χ3n) is 5.61. The molecule has 0 atom stereocenters. The van der Waals surface area contributed by atoms with Gasteiger partial charge in [0, 0.05) is 25.2 Å². The summed E-state index contributed by atoms with van der Waals surface area (Å²) in [5.41, 5.74) is 1.68. The lowest BCUT2D eigenvalue weighted by Crippen LogP contribution is -2.39. The summed E-state index contributed by atoms with van der Waals surface area (Å²) in [4.78, 5) is 4.59. The molecule has 0 amide bonds. The molecule has 2 aromatic heterocycles. The largest absolute Gasteiger partial charge is 0.486 e. The molecule has 0 N–H and O–H groups in total. The van der Waals surface area contributed by atoms with Crippen LogP contribution in [0.1, 0.15) is 18.5 Å². The molecular formula is C21H24N4O5S. The van der Waals surface area contributed by atoms with Gasteiger partial charge in [-0.15, -0.1) is 5.10 Å². The molecule has 0 aliphatic carbocycles. The normalized spacial score (nSPS) is 17.7. The molecule has 0 bridgehead atoms. The highest BCUT2D eigenvalue weighted by atomic mass is 32.2. The number of piperidine rings is 1. The molecule has 2 aliphatic heterocycles. The van der Waals surface area contributed by atoms with Crippen LogP contribution in [-0.4, -0.2) is 60.2 Å². The molecule has 10 heteroatoms. The van der Waals surface area contributed by atoms with Crippen molar-refractivity contribution in [2.75, 3.05) is 32.9 Å². The van der Waals surface area contributed by atoms with Crippen LogP contribution in [0.15, 0.2) is 41.4 Å². The summed E-state index contributed by atoms with van der Waals surface area (Å²) >= 11 is 0. The number of nitrogens with zero attached hydrogens (tertiary/aromatic N) is 4. The smallest absolute Gasteiger partial charge is 0.243 e. The van der Waals surface area contributed by atoms with Gasteiger partial charge in [0.15, 0.2) is 17.1 Å². The summed E-state index contributed by atoms with van der Waals surface area (Å²) in [5.74, 6) is 1.87. The molecule has 0 radical (unpaired) electrons. The van der Waals surface area contributed by atoms with Gasteiger partial charge in [0.1, 0.15) is 13.2 Å². The first-order valence-electron chi connectivity index (χ1n) is 10.3. The Hall–Kier alpha value is -2.85. The second-order valence-corrected chi connectivity index (χ2v) is 9.76. The van der Waals surface area contributed by atoms with Crippen LogP contribution in [0.5, 0.6) is 17.4 Å². The Morgan fingerprint density at radius 1 is 1.10 bits per heavy atom. The lowest BCUT2D eigenvalue weighted by atomic mass is 9.99. The van der Waals surface area contributed by atoms with Gasteiger partial charge in [-0.3, -0.25) is 0 Å². The van der Waals surface area contributed by atoms with Crippen LogP contribution in [0.25, 0.3) is 5.65 Å². The minimum atomic E-state index is -3.57. The number of hydrogen-bond donors (Lipinski definition) is 0. The van der Waals surface area contributed by atoms with Crippen LogP contribution >= 0.6 is 0 Å². The molecule has 5 rings (SSSR count). The van der Waals surface area contributed by atoms with Gasteiger partial charge < -0.3 is 14.2 Å². The molecule has 1 fully saturated rings. The molecule has 1 saturated heterocycles. The molecule has 31 heavy (non-hydrogen) atoms. The summed E-state index contributed by atoms with van der Waals surface area (Å²) in [6.45, 7) is 4.23. The molecule has 164 valence electrons. The molecule has 4 heterocycles. The van der Waals surface area contributed by atoms with E-state index in [-0.39, 0.29) is 10.8 Å². The first kappa shape index (κ1) is 20.1. The number of hydrogen-bond acceptors (Lipinski definition) is 7. The van der Waals surface area contributed by atoms with Gasteiger partial charge in [-0.25, -0.2) is 17.9 Å². The Bertz CT molecular complexity index is 1200. The molecule has 1 aromatic carbocycles. The lowest BCUT2D eigenvalue weighted by Gasteiger charge is -2.31. The monoisotopic (exact) mass is 444 g/mol. The minimum Gasteiger partial charge on any atom is -0.486 e. The summed E-state index contributed by atoms with van der Waals surface area (Å²) in [6.07, 6.45) is 3.32. The molecule has 9 nitrogen and oxygen atoms in total. The summed E-state index contributed by atoms with van der Waals surface area (Å²) in [5, 5.41) is 4.41. The van der Waals surface area contributed by atoms with E-state index in [1.807, 2.05) is 25.3 Å². The van der Waals surface area contributed by atoms with Gasteiger partial charge in [-0.05, 0) is 43.9 Å². The molecule has 2 aliphatic rings. The summed E-state index contributed by atoms with van der Waals surface area (Å²) in [7, 11) is -3.57. The maximum absolute atomic E-state index is 13.1. The second kappa shape index (κ2) is 8.01. The van der Waals surface area contributed by atoms with Crippen molar-refractivity contribution in [2.45, 2.75) is 24.7 Å². The van der Waals surface area contributed by atoms with Crippen molar-refractivity contribution < 1.29 is 22.6 Å². The first-order valence-corrected chi connectivity index (χ1v) is 11.8. The van der Waals surface area contributed by atoms with Crippen LogP contribution in [-0.2, 0) is 10.0 Å². The predicted molar refractivity (Wildman–Crippen MR) is 112 cm³/mol. The number of fused-ring (bicyclic) bond motifs is 2. The maximum Gasteiger partial charge on any atom is 0.243 e. The molecular weight excluding hydrogens is 420 g/mol. The number of ether oxygens (including phenoxy) is 3. The average Bonchev–Trinajstić information content (AvgIpc) is 3.17. The third kappa shape index (κ3) is 4.05. The number of rotatable bonds is 5. The molecule has 0 spiro atoms. The quantitative estimate of drug-likeness (QED) is 0.596. The van der Waals surface area contributed by atoms with E-state index in [2.05, 4.69) is 10.1 Å². The zero-order valence-electron chi connectivity index (χ0n) is 17.2. The van der Waals surface area contributed by atoms with Gasteiger partial charge in [-0.2, -0.15) is 4.31 Å². The molecule has 3 aromatic rings. The highest BCUT2D eigenvalue weighted by molar-refractivity contribution is 7.89. The van der Waals surface area contributed by atoms with Crippen molar-refractivity contribution >= 4 is 15.7 Å². The van der Waals surface area contributed by atoms with E-state index < -0.39 is 10.0 Å². The molecule has 0 saturated carbocycles. The molecule has 0 unspecified atom stereocenters. The van der Waals surface area contributed by atoms with Crippen molar-refractivity contribution in [3.05, 3.63) is 42.2 Å². The van der Waals surface area contributed by atoms with Gasteiger partial charge >= 0.3 is 0 Å². The van der Waals surface area contributed by atoms with Crippen LogP contribution in [0.4, 0.5) is 0 Å². The van der Waals surface area contributed by atoms with Gasteiger partial charge in [0.2, 0.25) is 15.9 Å². The lowest BCUT2D eigenvalue weighted by molar-refractivity contribution is 0.170. The van der Waals surface area contributed by atoms with Crippen LogP contribution in [0, 0.1) is 12.8 Å². The number of aryl methyl sites for hydroxylation is 1. The Kier molecular flexibility index (Phi) is 5.19. The maximum atomic E-state index is 13.1. The van der Waals surface area contributed by atoms with Crippen LogP contribution in [0.3, 0.4) is 0 Å². The zero-order chi connectivity index (χ0) is 21.4. The van der Waals surface area contributed by atoms with Gasteiger partial charge in [0.25, 0.3) is 0 Å². The van der Waals surface area contributed by atoms with Crippen molar-refractivity contribution in [3.8, 4) is 17.4 Å². The number of sulfonamides is 1. The number of aromatic nitrogens is 3. The number of benzene rings is 1. The fourth-order valence-electron chi connectivity index (χ4n) is 3.91. The Morgan fingerprint density at radius 3 is 2.68 bits per heavy atom. The van der Waals surface area contributed by atoms with E-state index in [9.17, 15) is 8.42 Å². The summed E-state index contributed by atoms with van der Waals surface area (Å²) < 4.78 is 46.3. The van der Waals surface area contributed by atoms with Crippen molar-refractivity contribution in [1.29, 1.82) is 0 Å².